The molecule has 0 bridgehead atoms. The molecule has 1 atom stereocenters. The molecule has 90 valence electrons. The van der Waals surface area contributed by atoms with Gasteiger partial charge in [-0.3, -0.25) is 4.18 Å². The van der Waals surface area contributed by atoms with Crippen molar-refractivity contribution in [3.05, 3.63) is 29.3 Å². The summed E-state index contributed by atoms with van der Waals surface area (Å²) in [4.78, 5) is 0. The van der Waals surface area contributed by atoms with Crippen molar-refractivity contribution in [2.45, 2.75) is 13.0 Å². The highest BCUT2D eigenvalue weighted by Gasteiger charge is 2.10. The van der Waals surface area contributed by atoms with Crippen molar-refractivity contribution in [2.75, 3.05) is 12.9 Å². The van der Waals surface area contributed by atoms with Crippen molar-refractivity contribution in [3.63, 3.8) is 0 Å². The van der Waals surface area contributed by atoms with Gasteiger partial charge in [-0.1, -0.05) is 11.6 Å². The summed E-state index contributed by atoms with van der Waals surface area (Å²) in [5.74, 6) is 0.619. The number of halogens is 1. The van der Waals surface area contributed by atoms with Gasteiger partial charge in [-0.15, -0.1) is 0 Å². The quantitative estimate of drug-likeness (QED) is 0.764. The highest BCUT2D eigenvalue weighted by Crippen LogP contribution is 2.15. The summed E-state index contributed by atoms with van der Waals surface area (Å²) in [6, 6.07) is 6.79. The molecule has 0 N–H and O–H groups in total. The van der Waals surface area contributed by atoms with Gasteiger partial charge in [0.15, 0.2) is 0 Å². The van der Waals surface area contributed by atoms with Crippen molar-refractivity contribution in [1.82, 2.24) is 0 Å². The van der Waals surface area contributed by atoms with Gasteiger partial charge < -0.3 is 4.74 Å². The lowest BCUT2D eigenvalue weighted by atomic mass is 10.3. The Morgan fingerprint density at radius 1 is 1.31 bits per heavy atom. The van der Waals surface area contributed by atoms with E-state index in [1.165, 1.54) is 0 Å². The van der Waals surface area contributed by atoms with E-state index in [1.54, 1.807) is 31.2 Å². The molecule has 1 aromatic rings. The molecule has 0 aromatic heterocycles. The van der Waals surface area contributed by atoms with Gasteiger partial charge >= 0.3 is 0 Å². The van der Waals surface area contributed by atoms with Crippen LogP contribution in [0.4, 0.5) is 0 Å². The third kappa shape index (κ3) is 5.34. The Morgan fingerprint density at radius 2 is 1.88 bits per heavy atom. The van der Waals surface area contributed by atoms with Crippen molar-refractivity contribution in [2.24, 2.45) is 0 Å². The summed E-state index contributed by atoms with van der Waals surface area (Å²) < 4.78 is 31.6. The molecule has 0 aliphatic rings. The number of hydrogen-bond donors (Lipinski definition) is 0. The molecule has 6 heteroatoms. The first-order chi connectivity index (χ1) is 7.37. The molecule has 1 rings (SSSR count). The van der Waals surface area contributed by atoms with Crippen molar-refractivity contribution in [1.29, 1.82) is 0 Å². The molecule has 1 aromatic carbocycles. The van der Waals surface area contributed by atoms with Crippen LogP contribution in [0.1, 0.15) is 6.92 Å². The maximum atomic E-state index is 10.8. The first-order valence-electron chi connectivity index (χ1n) is 4.63. The maximum Gasteiger partial charge on any atom is 0.264 e. The van der Waals surface area contributed by atoms with Crippen LogP contribution in [-0.4, -0.2) is 27.4 Å². The second-order valence-electron chi connectivity index (χ2n) is 3.38. The second-order valence-corrected chi connectivity index (χ2v) is 5.41. The van der Waals surface area contributed by atoms with Crippen molar-refractivity contribution >= 4 is 21.7 Å². The summed E-state index contributed by atoms with van der Waals surface area (Å²) in [6.45, 7) is 1.78. The Kier molecular flexibility index (Phi) is 4.58. The molecule has 0 heterocycles. The van der Waals surface area contributed by atoms with Gasteiger partial charge in [-0.2, -0.15) is 8.42 Å². The van der Waals surface area contributed by atoms with E-state index in [2.05, 4.69) is 0 Å². The highest BCUT2D eigenvalue weighted by molar-refractivity contribution is 7.86. The maximum absolute atomic E-state index is 10.8. The van der Waals surface area contributed by atoms with Gasteiger partial charge in [0.05, 0.1) is 6.26 Å². The van der Waals surface area contributed by atoms with Crippen LogP contribution in [0.3, 0.4) is 0 Å². The van der Waals surface area contributed by atoms with Crippen LogP contribution in [0.25, 0.3) is 0 Å². The average molecular weight is 265 g/mol. The number of benzene rings is 1. The van der Waals surface area contributed by atoms with Crippen LogP contribution in [0.15, 0.2) is 24.3 Å². The van der Waals surface area contributed by atoms with Gasteiger partial charge in [0, 0.05) is 5.02 Å². The third-order valence-electron chi connectivity index (χ3n) is 1.64. The van der Waals surface area contributed by atoms with Gasteiger partial charge in [-0.25, -0.2) is 0 Å². The number of ether oxygens (including phenoxy) is 1. The van der Waals surface area contributed by atoms with E-state index in [9.17, 15) is 8.42 Å². The van der Waals surface area contributed by atoms with Crippen molar-refractivity contribution in [3.8, 4) is 5.75 Å². The first-order valence-corrected chi connectivity index (χ1v) is 6.83. The van der Waals surface area contributed by atoms with Crippen LogP contribution in [0, 0.1) is 0 Å². The minimum absolute atomic E-state index is 0.161. The second kappa shape index (κ2) is 5.52. The predicted octanol–water partition coefficient (Wildman–Crippen LogP) is 2.08. The van der Waals surface area contributed by atoms with Gasteiger partial charge in [-0.05, 0) is 31.2 Å². The normalized spacial score (nSPS) is 13.4. The summed E-state index contributed by atoms with van der Waals surface area (Å²) >= 11 is 5.70. The molecule has 0 saturated heterocycles. The Morgan fingerprint density at radius 3 is 2.38 bits per heavy atom. The number of rotatable bonds is 5. The molecule has 0 aliphatic carbocycles. The first kappa shape index (κ1) is 13.3. The van der Waals surface area contributed by atoms with E-state index >= 15 is 0 Å². The standard InChI is InChI=1S/C10H13ClO4S/c1-8(15-16(2,12)13)7-14-10-5-3-9(11)4-6-10/h3-6,8H,7H2,1-2H3. The molecule has 0 saturated carbocycles. The van der Waals surface area contributed by atoms with Crippen LogP contribution < -0.4 is 4.74 Å². The lowest BCUT2D eigenvalue weighted by molar-refractivity contribution is 0.150. The molecule has 0 aliphatic heterocycles. The lowest BCUT2D eigenvalue weighted by Gasteiger charge is -2.12. The largest absolute Gasteiger partial charge is 0.491 e. The highest BCUT2D eigenvalue weighted by atomic mass is 35.5. The van der Waals surface area contributed by atoms with E-state index in [0.29, 0.717) is 10.8 Å². The molecule has 4 nitrogen and oxygen atoms in total. The summed E-state index contributed by atoms with van der Waals surface area (Å²) in [7, 11) is -3.44. The SMILES string of the molecule is CC(COc1ccc(Cl)cc1)OS(C)(=O)=O. The van der Waals surface area contributed by atoms with E-state index < -0.39 is 16.2 Å². The Bertz CT molecular complexity index is 427. The fraction of sp³-hybridized carbons (Fsp3) is 0.400. The third-order valence-corrected chi connectivity index (χ3v) is 2.57. The van der Waals surface area contributed by atoms with Gasteiger partial charge in [0.25, 0.3) is 10.1 Å². The fourth-order valence-electron chi connectivity index (χ4n) is 1.07. The lowest BCUT2D eigenvalue weighted by Crippen LogP contribution is -2.21. The molecular formula is C10H13ClO4S. The fourth-order valence-corrected chi connectivity index (χ4v) is 1.85. The molecule has 1 unspecified atom stereocenters. The summed E-state index contributed by atoms with van der Waals surface area (Å²) in [5.41, 5.74) is 0. The van der Waals surface area contributed by atoms with E-state index in [4.69, 9.17) is 20.5 Å². The summed E-state index contributed by atoms with van der Waals surface area (Å²) in [6.07, 6.45) is 0.483. The molecule has 0 amide bonds. The number of hydrogen-bond acceptors (Lipinski definition) is 4. The average Bonchev–Trinajstić information content (AvgIpc) is 2.14. The van der Waals surface area contributed by atoms with Gasteiger partial charge in [0.2, 0.25) is 0 Å². The predicted molar refractivity (Wildman–Crippen MR) is 62.3 cm³/mol. The zero-order valence-electron chi connectivity index (χ0n) is 9.01. The zero-order chi connectivity index (χ0) is 12.2. The van der Waals surface area contributed by atoms with E-state index in [0.717, 1.165) is 6.26 Å². The van der Waals surface area contributed by atoms with Crippen LogP contribution in [0.2, 0.25) is 5.02 Å². The molecule has 0 spiro atoms. The monoisotopic (exact) mass is 264 g/mol. The van der Waals surface area contributed by atoms with Crippen LogP contribution >= 0.6 is 11.6 Å². The Balaban J connectivity index is 2.43. The molecule has 0 radical (unpaired) electrons. The van der Waals surface area contributed by atoms with Gasteiger partial charge in [0.1, 0.15) is 18.5 Å². The van der Waals surface area contributed by atoms with Crippen LogP contribution in [0.5, 0.6) is 5.75 Å². The van der Waals surface area contributed by atoms with E-state index in [-0.39, 0.29) is 6.61 Å². The Labute approximate surface area is 100 Å². The Hall–Kier alpha value is -0.780. The zero-order valence-corrected chi connectivity index (χ0v) is 10.6. The topological polar surface area (TPSA) is 52.6 Å². The summed E-state index contributed by atoms with van der Waals surface area (Å²) in [5, 5.41) is 0.618. The smallest absolute Gasteiger partial charge is 0.264 e. The minimum Gasteiger partial charge on any atom is -0.491 e. The van der Waals surface area contributed by atoms with Crippen LogP contribution in [-0.2, 0) is 14.3 Å². The van der Waals surface area contributed by atoms with E-state index in [1.807, 2.05) is 0 Å². The molecule has 16 heavy (non-hydrogen) atoms. The molecule has 0 fully saturated rings. The molecular weight excluding hydrogens is 252 g/mol. The minimum atomic E-state index is -3.44. The van der Waals surface area contributed by atoms with Crippen molar-refractivity contribution < 1.29 is 17.3 Å².